The molecule has 0 unspecified atom stereocenters. The summed E-state index contributed by atoms with van der Waals surface area (Å²) in [6.45, 7) is 4.35. The number of anilines is 2. The van der Waals surface area contributed by atoms with Crippen LogP contribution in [0.2, 0.25) is 0 Å². The van der Waals surface area contributed by atoms with Gasteiger partial charge in [-0.1, -0.05) is 6.08 Å². The van der Waals surface area contributed by atoms with Crippen LogP contribution in [-0.2, 0) is 0 Å². The molecule has 0 atom stereocenters. The Morgan fingerprint density at radius 1 is 1.57 bits per heavy atom. The van der Waals surface area contributed by atoms with E-state index in [-0.39, 0.29) is 0 Å². The lowest BCUT2D eigenvalue weighted by molar-refractivity contribution is 1.34. The molecule has 2 rings (SSSR count). The highest BCUT2D eigenvalue weighted by Gasteiger charge is 2.05. The summed E-state index contributed by atoms with van der Waals surface area (Å²) in [7, 11) is 0. The van der Waals surface area contributed by atoms with Crippen molar-refractivity contribution in [3.05, 3.63) is 30.3 Å². The molecule has 0 bridgehead atoms. The lowest BCUT2D eigenvalue weighted by Crippen LogP contribution is -2.01. The van der Waals surface area contributed by atoms with Crippen LogP contribution in [0, 0.1) is 0 Å². The Labute approximate surface area is 86.3 Å². The smallest absolute Gasteiger partial charge is 0.106 e. The first-order chi connectivity index (χ1) is 6.83. The summed E-state index contributed by atoms with van der Waals surface area (Å²) in [5, 5.41) is 3.17. The van der Waals surface area contributed by atoms with Crippen molar-refractivity contribution in [1.82, 2.24) is 4.98 Å². The maximum absolute atomic E-state index is 5.95. The van der Waals surface area contributed by atoms with Crippen LogP contribution >= 0.6 is 11.3 Å². The molecule has 0 aliphatic carbocycles. The molecule has 1 heterocycles. The van der Waals surface area contributed by atoms with E-state index < -0.39 is 0 Å². The molecule has 72 valence electrons. The molecular formula is C10H11N3S. The van der Waals surface area contributed by atoms with Crippen LogP contribution < -0.4 is 11.1 Å². The first-order valence-electron chi connectivity index (χ1n) is 4.29. The number of nitrogens with one attached hydrogen (secondary N) is 1. The highest BCUT2D eigenvalue weighted by atomic mass is 32.1. The van der Waals surface area contributed by atoms with Crippen molar-refractivity contribution in [1.29, 1.82) is 0 Å². The summed E-state index contributed by atoms with van der Waals surface area (Å²) in [4.78, 5) is 4.21. The fourth-order valence-electron chi connectivity index (χ4n) is 1.29. The molecule has 0 saturated heterocycles. The monoisotopic (exact) mass is 205 g/mol. The predicted molar refractivity (Wildman–Crippen MR) is 62.7 cm³/mol. The highest BCUT2D eigenvalue weighted by molar-refractivity contribution is 7.16. The standard InChI is InChI=1S/C10H11N3S/c1-2-5-12-7-3-4-8-10(9(7)11)13-6-14-8/h2-4,6,12H,1,5,11H2. The zero-order chi connectivity index (χ0) is 9.97. The molecule has 14 heavy (non-hydrogen) atoms. The van der Waals surface area contributed by atoms with Gasteiger partial charge in [-0.05, 0) is 12.1 Å². The van der Waals surface area contributed by atoms with E-state index in [1.54, 1.807) is 22.9 Å². The van der Waals surface area contributed by atoms with Crippen molar-refractivity contribution in [2.24, 2.45) is 0 Å². The number of fused-ring (bicyclic) bond motifs is 1. The lowest BCUT2D eigenvalue weighted by atomic mass is 10.2. The van der Waals surface area contributed by atoms with Gasteiger partial charge in [-0.15, -0.1) is 17.9 Å². The second-order valence-electron chi connectivity index (χ2n) is 2.90. The van der Waals surface area contributed by atoms with Crippen LogP contribution in [0.25, 0.3) is 10.2 Å². The van der Waals surface area contributed by atoms with Gasteiger partial charge in [0.15, 0.2) is 0 Å². The van der Waals surface area contributed by atoms with Gasteiger partial charge in [0.25, 0.3) is 0 Å². The zero-order valence-electron chi connectivity index (χ0n) is 7.66. The number of thiazole rings is 1. The molecule has 0 amide bonds. The zero-order valence-corrected chi connectivity index (χ0v) is 8.47. The molecule has 0 aliphatic heterocycles. The summed E-state index contributed by atoms with van der Waals surface area (Å²) in [5.74, 6) is 0. The van der Waals surface area contributed by atoms with Crippen molar-refractivity contribution >= 4 is 32.9 Å². The second kappa shape index (κ2) is 3.67. The maximum atomic E-state index is 5.95. The van der Waals surface area contributed by atoms with Gasteiger partial charge in [-0.2, -0.15) is 0 Å². The Kier molecular flexibility index (Phi) is 2.37. The van der Waals surface area contributed by atoms with Crippen LogP contribution in [-0.4, -0.2) is 11.5 Å². The Bertz CT molecular complexity index is 461. The first kappa shape index (κ1) is 9.02. The number of nitrogens with two attached hydrogens (primary N) is 1. The van der Waals surface area contributed by atoms with Crippen molar-refractivity contribution in [3.63, 3.8) is 0 Å². The number of hydrogen-bond donors (Lipinski definition) is 2. The number of benzene rings is 1. The Hall–Kier alpha value is -1.55. The fraction of sp³-hybridized carbons (Fsp3) is 0.100. The topological polar surface area (TPSA) is 50.9 Å². The molecule has 4 heteroatoms. The third kappa shape index (κ3) is 1.44. The van der Waals surface area contributed by atoms with Gasteiger partial charge in [0.2, 0.25) is 0 Å². The molecule has 1 aromatic carbocycles. The van der Waals surface area contributed by atoms with E-state index in [0.29, 0.717) is 12.2 Å². The average Bonchev–Trinajstić information content (AvgIpc) is 2.66. The van der Waals surface area contributed by atoms with Crippen LogP contribution in [0.4, 0.5) is 11.4 Å². The molecule has 0 spiro atoms. The molecule has 2 aromatic rings. The quantitative estimate of drug-likeness (QED) is 0.598. The van der Waals surface area contributed by atoms with E-state index in [1.165, 1.54) is 0 Å². The van der Waals surface area contributed by atoms with E-state index in [2.05, 4.69) is 16.9 Å². The second-order valence-corrected chi connectivity index (χ2v) is 3.78. The Balaban J connectivity index is 2.45. The van der Waals surface area contributed by atoms with Gasteiger partial charge >= 0.3 is 0 Å². The fourth-order valence-corrected chi connectivity index (χ4v) is 1.98. The van der Waals surface area contributed by atoms with Crippen molar-refractivity contribution in [2.75, 3.05) is 17.6 Å². The summed E-state index contributed by atoms with van der Waals surface area (Å²) in [6.07, 6.45) is 1.80. The minimum atomic E-state index is 0.708. The van der Waals surface area contributed by atoms with Gasteiger partial charge in [0, 0.05) is 6.54 Å². The third-order valence-corrected chi connectivity index (χ3v) is 2.77. The Morgan fingerprint density at radius 2 is 2.43 bits per heavy atom. The molecule has 0 radical (unpaired) electrons. The molecule has 3 nitrogen and oxygen atoms in total. The SMILES string of the molecule is C=CCNc1ccc2scnc2c1N. The van der Waals surface area contributed by atoms with Crippen molar-refractivity contribution in [2.45, 2.75) is 0 Å². The van der Waals surface area contributed by atoms with Gasteiger partial charge in [-0.25, -0.2) is 4.98 Å². The van der Waals surface area contributed by atoms with Gasteiger partial charge in [0.1, 0.15) is 5.52 Å². The summed E-state index contributed by atoms with van der Waals surface area (Å²) >= 11 is 1.59. The van der Waals surface area contributed by atoms with Gasteiger partial charge in [-0.3, -0.25) is 0 Å². The molecule has 0 aliphatic rings. The molecular weight excluding hydrogens is 194 g/mol. The average molecular weight is 205 g/mol. The number of aromatic nitrogens is 1. The van der Waals surface area contributed by atoms with Crippen LogP contribution in [0.15, 0.2) is 30.3 Å². The maximum Gasteiger partial charge on any atom is 0.106 e. The van der Waals surface area contributed by atoms with Gasteiger partial charge in [0.05, 0.1) is 21.6 Å². The number of rotatable bonds is 3. The highest BCUT2D eigenvalue weighted by Crippen LogP contribution is 2.29. The molecule has 1 aromatic heterocycles. The molecule has 0 saturated carbocycles. The summed E-state index contributed by atoms with van der Waals surface area (Å²) in [6, 6.07) is 3.99. The lowest BCUT2D eigenvalue weighted by Gasteiger charge is -2.06. The van der Waals surface area contributed by atoms with E-state index in [0.717, 1.165) is 15.9 Å². The summed E-state index contributed by atoms with van der Waals surface area (Å²) < 4.78 is 1.12. The van der Waals surface area contributed by atoms with Crippen molar-refractivity contribution < 1.29 is 0 Å². The van der Waals surface area contributed by atoms with Crippen molar-refractivity contribution in [3.8, 4) is 0 Å². The minimum absolute atomic E-state index is 0.708. The number of nitrogens with zero attached hydrogens (tertiary/aromatic N) is 1. The van der Waals surface area contributed by atoms with Crippen LogP contribution in [0.3, 0.4) is 0 Å². The Morgan fingerprint density at radius 3 is 3.21 bits per heavy atom. The minimum Gasteiger partial charge on any atom is -0.395 e. The molecule has 3 N–H and O–H groups in total. The van der Waals surface area contributed by atoms with Gasteiger partial charge < -0.3 is 11.1 Å². The predicted octanol–water partition coefficient (Wildman–Crippen LogP) is 2.48. The first-order valence-corrected chi connectivity index (χ1v) is 5.17. The van der Waals surface area contributed by atoms with E-state index in [9.17, 15) is 0 Å². The number of hydrogen-bond acceptors (Lipinski definition) is 4. The normalized spacial score (nSPS) is 10.3. The van der Waals surface area contributed by atoms with E-state index >= 15 is 0 Å². The number of nitrogen functional groups attached to an aromatic ring is 1. The molecule has 0 fully saturated rings. The van der Waals surface area contributed by atoms with E-state index in [1.807, 2.05) is 12.1 Å². The largest absolute Gasteiger partial charge is 0.395 e. The summed E-state index contributed by atoms with van der Waals surface area (Å²) in [5.41, 5.74) is 10.3. The van der Waals surface area contributed by atoms with Crippen LogP contribution in [0.1, 0.15) is 0 Å². The third-order valence-electron chi connectivity index (χ3n) is 1.98. The van der Waals surface area contributed by atoms with Crippen LogP contribution in [0.5, 0.6) is 0 Å². The van der Waals surface area contributed by atoms with E-state index in [4.69, 9.17) is 5.73 Å².